The van der Waals surface area contributed by atoms with Crippen LogP contribution in [0.3, 0.4) is 0 Å². The van der Waals surface area contributed by atoms with Crippen LogP contribution in [0.5, 0.6) is 0 Å². The standard InChI is InChI=1S/C7H10N2O4/c1-12-6(10)4-3-5(9-8-4)7(11)13-2/h4,8H,3H2,1-2H3. The third-order valence-corrected chi connectivity index (χ3v) is 1.66. The molecule has 0 amide bonds. The number of ether oxygens (including phenoxy) is 2. The molecule has 1 N–H and O–H groups in total. The molecule has 0 saturated carbocycles. The first-order valence-electron chi connectivity index (χ1n) is 3.67. The first kappa shape index (κ1) is 9.50. The minimum Gasteiger partial charge on any atom is -0.467 e. The number of methoxy groups -OCH3 is 2. The van der Waals surface area contributed by atoms with E-state index >= 15 is 0 Å². The lowest BCUT2D eigenvalue weighted by Gasteiger charge is -2.05. The zero-order chi connectivity index (χ0) is 9.84. The van der Waals surface area contributed by atoms with E-state index in [1.807, 2.05) is 0 Å². The van der Waals surface area contributed by atoms with Crippen molar-refractivity contribution >= 4 is 17.7 Å². The van der Waals surface area contributed by atoms with E-state index in [2.05, 4.69) is 20.0 Å². The molecule has 13 heavy (non-hydrogen) atoms. The molecule has 0 fully saturated rings. The largest absolute Gasteiger partial charge is 0.467 e. The average Bonchev–Trinajstić information content (AvgIpc) is 2.64. The van der Waals surface area contributed by atoms with Crippen molar-refractivity contribution < 1.29 is 19.1 Å². The predicted molar refractivity (Wildman–Crippen MR) is 43.0 cm³/mol. The number of esters is 2. The zero-order valence-electron chi connectivity index (χ0n) is 7.36. The molecule has 0 saturated heterocycles. The summed E-state index contributed by atoms with van der Waals surface area (Å²) in [4.78, 5) is 21.9. The van der Waals surface area contributed by atoms with Gasteiger partial charge in [0.15, 0.2) is 0 Å². The Morgan fingerprint density at radius 3 is 2.69 bits per heavy atom. The van der Waals surface area contributed by atoms with Crippen LogP contribution in [0.15, 0.2) is 5.10 Å². The highest BCUT2D eigenvalue weighted by Crippen LogP contribution is 2.05. The number of rotatable bonds is 2. The van der Waals surface area contributed by atoms with Crippen LogP contribution in [0.4, 0.5) is 0 Å². The lowest BCUT2D eigenvalue weighted by Crippen LogP contribution is -2.31. The van der Waals surface area contributed by atoms with E-state index in [4.69, 9.17) is 0 Å². The second kappa shape index (κ2) is 3.88. The fourth-order valence-electron chi connectivity index (χ4n) is 0.966. The third kappa shape index (κ3) is 1.95. The Labute approximate surface area is 74.9 Å². The smallest absolute Gasteiger partial charge is 0.354 e. The first-order valence-corrected chi connectivity index (χ1v) is 3.67. The summed E-state index contributed by atoms with van der Waals surface area (Å²) in [7, 11) is 2.54. The Hall–Kier alpha value is -1.59. The molecule has 1 aliphatic heterocycles. The molecule has 6 heteroatoms. The normalized spacial score (nSPS) is 20.2. The highest BCUT2D eigenvalue weighted by Gasteiger charge is 2.29. The maximum Gasteiger partial charge on any atom is 0.354 e. The van der Waals surface area contributed by atoms with Gasteiger partial charge in [-0.1, -0.05) is 0 Å². The topological polar surface area (TPSA) is 77.0 Å². The molecule has 0 bridgehead atoms. The minimum atomic E-state index is -0.570. The number of carbonyl (C=O) groups is 2. The lowest BCUT2D eigenvalue weighted by atomic mass is 10.1. The Bertz CT molecular complexity index is 261. The highest BCUT2D eigenvalue weighted by atomic mass is 16.5. The number of nitrogens with one attached hydrogen (secondary N) is 1. The maximum atomic E-state index is 11.0. The summed E-state index contributed by atoms with van der Waals surface area (Å²) in [6, 6.07) is -0.570. The van der Waals surface area contributed by atoms with E-state index in [0.29, 0.717) is 0 Å². The summed E-state index contributed by atoms with van der Waals surface area (Å²) in [5.41, 5.74) is 2.69. The van der Waals surface area contributed by atoms with E-state index in [1.54, 1.807) is 0 Å². The van der Waals surface area contributed by atoms with Gasteiger partial charge < -0.3 is 9.47 Å². The minimum absolute atomic E-state index is 0.206. The average molecular weight is 186 g/mol. The molecular formula is C7H10N2O4. The van der Waals surface area contributed by atoms with Gasteiger partial charge in [0, 0.05) is 6.42 Å². The van der Waals surface area contributed by atoms with Gasteiger partial charge in [-0.2, -0.15) is 5.10 Å². The molecule has 0 aromatic heterocycles. The summed E-state index contributed by atoms with van der Waals surface area (Å²) >= 11 is 0. The van der Waals surface area contributed by atoms with Gasteiger partial charge in [0.2, 0.25) is 0 Å². The number of hydrogen-bond donors (Lipinski definition) is 1. The van der Waals surface area contributed by atoms with Gasteiger partial charge in [0.25, 0.3) is 0 Å². The van der Waals surface area contributed by atoms with E-state index in [-0.39, 0.29) is 12.1 Å². The van der Waals surface area contributed by atoms with Crippen LogP contribution in [0.1, 0.15) is 6.42 Å². The van der Waals surface area contributed by atoms with Crippen LogP contribution in [-0.4, -0.2) is 37.9 Å². The molecule has 1 unspecified atom stereocenters. The SMILES string of the molecule is COC(=O)C1=NNC(C(=O)OC)C1. The first-order chi connectivity index (χ1) is 6.19. The van der Waals surface area contributed by atoms with Crippen molar-refractivity contribution in [2.24, 2.45) is 5.10 Å². The summed E-state index contributed by atoms with van der Waals surface area (Å²) in [5.74, 6) is -0.971. The van der Waals surface area contributed by atoms with Crippen molar-refractivity contribution in [3.63, 3.8) is 0 Å². The Morgan fingerprint density at radius 1 is 1.46 bits per heavy atom. The van der Waals surface area contributed by atoms with E-state index in [1.165, 1.54) is 14.2 Å². The number of nitrogens with zero attached hydrogens (tertiary/aromatic N) is 1. The maximum absolute atomic E-state index is 11.0. The zero-order valence-corrected chi connectivity index (χ0v) is 7.36. The second-order valence-electron chi connectivity index (χ2n) is 2.46. The quantitative estimate of drug-likeness (QED) is 0.562. The van der Waals surface area contributed by atoms with Gasteiger partial charge >= 0.3 is 11.9 Å². The molecule has 1 aliphatic rings. The Morgan fingerprint density at radius 2 is 2.15 bits per heavy atom. The third-order valence-electron chi connectivity index (χ3n) is 1.66. The molecule has 0 spiro atoms. The monoisotopic (exact) mass is 186 g/mol. The number of hydrogen-bond acceptors (Lipinski definition) is 6. The van der Waals surface area contributed by atoms with Crippen molar-refractivity contribution in [3.8, 4) is 0 Å². The van der Waals surface area contributed by atoms with Gasteiger partial charge in [-0.3, -0.25) is 5.43 Å². The van der Waals surface area contributed by atoms with Crippen LogP contribution in [0.25, 0.3) is 0 Å². The summed E-state index contributed by atoms with van der Waals surface area (Å²) in [6.45, 7) is 0. The molecule has 0 aromatic carbocycles. The molecule has 1 rings (SSSR count). The van der Waals surface area contributed by atoms with Crippen molar-refractivity contribution in [1.29, 1.82) is 0 Å². The second-order valence-corrected chi connectivity index (χ2v) is 2.46. The van der Waals surface area contributed by atoms with Crippen LogP contribution in [0.2, 0.25) is 0 Å². The van der Waals surface area contributed by atoms with Gasteiger partial charge in [0.1, 0.15) is 11.8 Å². The highest BCUT2D eigenvalue weighted by molar-refractivity contribution is 6.37. The summed E-state index contributed by atoms with van der Waals surface area (Å²) in [5, 5.41) is 3.65. The van der Waals surface area contributed by atoms with Crippen molar-refractivity contribution in [3.05, 3.63) is 0 Å². The number of carbonyl (C=O) groups excluding carboxylic acids is 2. The predicted octanol–water partition coefficient (Wildman–Crippen LogP) is -0.950. The van der Waals surface area contributed by atoms with Crippen molar-refractivity contribution in [2.75, 3.05) is 14.2 Å². The van der Waals surface area contributed by atoms with Crippen LogP contribution in [-0.2, 0) is 19.1 Å². The Kier molecular flexibility index (Phi) is 2.84. The fourth-order valence-corrected chi connectivity index (χ4v) is 0.966. The van der Waals surface area contributed by atoms with Crippen LogP contribution in [0, 0.1) is 0 Å². The molecule has 0 aromatic rings. The van der Waals surface area contributed by atoms with Crippen LogP contribution < -0.4 is 5.43 Å². The molecule has 1 heterocycles. The van der Waals surface area contributed by atoms with Crippen molar-refractivity contribution in [1.82, 2.24) is 5.43 Å². The lowest BCUT2D eigenvalue weighted by molar-refractivity contribution is -0.142. The fraction of sp³-hybridized carbons (Fsp3) is 0.571. The van der Waals surface area contributed by atoms with Crippen molar-refractivity contribution in [2.45, 2.75) is 12.5 Å². The molecule has 72 valence electrons. The van der Waals surface area contributed by atoms with E-state index in [0.717, 1.165) is 0 Å². The summed E-state index contributed by atoms with van der Waals surface area (Å²) in [6.07, 6.45) is 0.208. The van der Waals surface area contributed by atoms with Gasteiger partial charge in [-0.05, 0) is 0 Å². The number of hydrazone groups is 1. The molecule has 6 nitrogen and oxygen atoms in total. The summed E-state index contributed by atoms with van der Waals surface area (Å²) < 4.78 is 8.90. The molecule has 0 radical (unpaired) electrons. The van der Waals surface area contributed by atoms with E-state index in [9.17, 15) is 9.59 Å². The molecule has 0 aliphatic carbocycles. The van der Waals surface area contributed by atoms with E-state index < -0.39 is 18.0 Å². The Balaban J connectivity index is 2.51. The van der Waals surface area contributed by atoms with Gasteiger partial charge in [-0.25, -0.2) is 9.59 Å². The van der Waals surface area contributed by atoms with Gasteiger partial charge in [0.05, 0.1) is 14.2 Å². The molecular weight excluding hydrogens is 176 g/mol. The van der Waals surface area contributed by atoms with Crippen LogP contribution >= 0.6 is 0 Å². The van der Waals surface area contributed by atoms with Gasteiger partial charge in [-0.15, -0.1) is 0 Å². The molecule has 1 atom stereocenters.